The van der Waals surface area contributed by atoms with E-state index in [0.717, 1.165) is 31.3 Å². The third kappa shape index (κ3) is 3.25. The van der Waals surface area contributed by atoms with Gasteiger partial charge in [0.15, 0.2) is 0 Å². The van der Waals surface area contributed by atoms with Crippen LogP contribution in [0.15, 0.2) is 6.07 Å². The molecule has 2 atom stereocenters. The minimum absolute atomic E-state index is 0.246. The van der Waals surface area contributed by atoms with Crippen LogP contribution >= 0.6 is 0 Å². The van der Waals surface area contributed by atoms with Crippen LogP contribution in [-0.2, 0) is 0 Å². The molecule has 1 saturated carbocycles. The Morgan fingerprint density at radius 2 is 1.95 bits per heavy atom. The number of aliphatic hydroxyl groups excluding tert-OH is 1. The van der Waals surface area contributed by atoms with Gasteiger partial charge in [0, 0.05) is 49.5 Å². The zero-order chi connectivity index (χ0) is 15.7. The fourth-order valence-electron chi connectivity index (χ4n) is 3.62. The van der Waals surface area contributed by atoms with E-state index in [4.69, 9.17) is 4.98 Å². The molecule has 5 heteroatoms. The van der Waals surface area contributed by atoms with Crippen molar-refractivity contribution >= 4 is 5.95 Å². The molecule has 0 spiro atoms. The molecule has 1 aromatic rings. The van der Waals surface area contributed by atoms with E-state index in [0.29, 0.717) is 17.8 Å². The van der Waals surface area contributed by atoms with Gasteiger partial charge in [0.05, 0.1) is 0 Å². The monoisotopic (exact) mass is 304 g/mol. The smallest absolute Gasteiger partial charge is 0.225 e. The second-order valence-corrected chi connectivity index (χ2v) is 7.23. The first-order valence-electron chi connectivity index (χ1n) is 8.43. The predicted molar refractivity (Wildman–Crippen MR) is 88.2 cm³/mol. The lowest BCUT2D eigenvalue weighted by Gasteiger charge is -2.26. The van der Waals surface area contributed by atoms with E-state index in [1.54, 1.807) is 0 Å². The van der Waals surface area contributed by atoms with E-state index in [1.807, 2.05) is 0 Å². The lowest BCUT2D eigenvalue weighted by molar-refractivity contribution is 0.185. The lowest BCUT2D eigenvalue weighted by atomic mass is 9.83. The van der Waals surface area contributed by atoms with Gasteiger partial charge in [0.1, 0.15) is 0 Å². The summed E-state index contributed by atoms with van der Waals surface area (Å²) in [5, 5.41) is 9.67. The molecule has 2 fully saturated rings. The zero-order valence-corrected chi connectivity index (χ0v) is 14.0. The highest BCUT2D eigenvalue weighted by atomic mass is 16.3. The van der Waals surface area contributed by atoms with Crippen molar-refractivity contribution in [3.63, 3.8) is 0 Å². The Kier molecular flexibility index (Phi) is 4.64. The first-order valence-corrected chi connectivity index (χ1v) is 8.43. The summed E-state index contributed by atoms with van der Waals surface area (Å²) in [5.41, 5.74) is 2.27. The van der Waals surface area contributed by atoms with Crippen LogP contribution in [0.1, 0.15) is 36.6 Å². The normalized spacial score (nSPS) is 25.8. The van der Waals surface area contributed by atoms with Crippen LogP contribution in [0.4, 0.5) is 5.95 Å². The fourth-order valence-corrected chi connectivity index (χ4v) is 3.62. The number of hydrogen-bond acceptors (Lipinski definition) is 5. The Morgan fingerprint density at radius 3 is 2.55 bits per heavy atom. The second kappa shape index (κ2) is 6.50. The highest BCUT2D eigenvalue weighted by molar-refractivity contribution is 5.35. The number of anilines is 1. The van der Waals surface area contributed by atoms with Crippen molar-refractivity contribution in [2.75, 3.05) is 45.2 Å². The molecule has 0 radical (unpaired) electrons. The quantitative estimate of drug-likeness (QED) is 0.896. The third-order valence-electron chi connectivity index (χ3n) is 5.08. The SMILES string of the molecule is Cc1cc(C2CCC2)nc(N2C[C@@H](CN(C)C)[C@@H](CO)C2)n1. The summed E-state index contributed by atoms with van der Waals surface area (Å²) in [6, 6.07) is 2.14. The van der Waals surface area contributed by atoms with Gasteiger partial charge in [-0.15, -0.1) is 0 Å². The Bertz CT molecular complexity index is 515. The number of hydrogen-bond donors (Lipinski definition) is 1. The molecule has 1 aliphatic heterocycles. The maximum Gasteiger partial charge on any atom is 0.225 e. The molecular weight excluding hydrogens is 276 g/mol. The van der Waals surface area contributed by atoms with Gasteiger partial charge >= 0.3 is 0 Å². The molecule has 0 amide bonds. The molecule has 1 N–H and O–H groups in total. The van der Waals surface area contributed by atoms with Gasteiger partial charge in [-0.05, 0) is 45.8 Å². The first-order chi connectivity index (χ1) is 10.6. The Hall–Kier alpha value is -1.20. The topological polar surface area (TPSA) is 52.5 Å². The molecule has 2 heterocycles. The average Bonchev–Trinajstić information content (AvgIpc) is 2.78. The summed E-state index contributed by atoms with van der Waals surface area (Å²) in [5.74, 6) is 2.30. The van der Waals surface area contributed by atoms with Crippen molar-refractivity contribution in [3.05, 3.63) is 17.5 Å². The van der Waals surface area contributed by atoms with Gasteiger partial charge in [0.25, 0.3) is 0 Å². The molecule has 2 aliphatic rings. The molecule has 3 rings (SSSR count). The lowest BCUT2D eigenvalue weighted by Crippen LogP contribution is -2.29. The van der Waals surface area contributed by atoms with Crippen LogP contribution in [0.25, 0.3) is 0 Å². The van der Waals surface area contributed by atoms with E-state index in [-0.39, 0.29) is 6.61 Å². The minimum atomic E-state index is 0.246. The maximum absolute atomic E-state index is 9.67. The summed E-state index contributed by atoms with van der Waals surface area (Å²) >= 11 is 0. The number of nitrogens with zero attached hydrogens (tertiary/aromatic N) is 4. The molecule has 5 nitrogen and oxygen atoms in total. The number of rotatable bonds is 5. The van der Waals surface area contributed by atoms with Crippen molar-refractivity contribution in [3.8, 4) is 0 Å². The summed E-state index contributed by atoms with van der Waals surface area (Å²) in [6.07, 6.45) is 3.85. The van der Waals surface area contributed by atoms with E-state index in [2.05, 4.69) is 41.9 Å². The van der Waals surface area contributed by atoms with Crippen molar-refractivity contribution in [2.45, 2.75) is 32.1 Å². The van der Waals surface area contributed by atoms with Crippen LogP contribution in [0, 0.1) is 18.8 Å². The van der Waals surface area contributed by atoms with Crippen LogP contribution < -0.4 is 4.90 Å². The van der Waals surface area contributed by atoms with Gasteiger partial charge in [0.2, 0.25) is 5.95 Å². The average molecular weight is 304 g/mol. The number of aryl methyl sites for hydroxylation is 1. The van der Waals surface area contributed by atoms with E-state index < -0.39 is 0 Å². The molecule has 0 bridgehead atoms. The molecule has 122 valence electrons. The Morgan fingerprint density at radius 1 is 1.23 bits per heavy atom. The summed E-state index contributed by atoms with van der Waals surface area (Å²) in [4.78, 5) is 14.0. The predicted octanol–water partition coefficient (Wildman–Crippen LogP) is 1.66. The third-order valence-corrected chi connectivity index (χ3v) is 5.08. The van der Waals surface area contributed by atoms with Crippen molar-refractivity contribution in [1.82, 2.24) is 14.9 Å². The Labute approximate surface area is 133 Å². The van der Waals surface area contributed by atoms with Crippen molar-refractivity contribution in [1.29, 1.82) is 0 Å². The van der Waals surface area contributed by atoms with Gasteiger partial charge in [-0.1, -0.05) is 6.42 Å². The zero-order valence-electron chi connectivity index (χ0n) is 14.0. The minimum Gasteiger partial charge on any atom is -0.396 e. The molecule has 22 heavy (non-hydrogen) atoms. The molecule has 1 aliphatic carbocycles. The second-order valence-electron chi connectivity index (χ2n) is 7.23. The number of aromatic nitrogens is 2. The molecular formula is C17H28N4O. The van der Waals surface area contributed by atoms with Gasteiger partial charge in [-0.3, -0.25) is 0 Å². The Balaban J connectivity index is 1.77. The van der Waals surface area contributed by atoms with Crippen LogP contribution in [0.3, 0.4) is 0 Å². The molecule has 0 unspecified atom stereocenters. The largest absolute Gasteiger partial charge is 0.396 e. The summed E-state index contributed by atoms with van der Waals surface area (Å²) < 4.78 is 0. The standard InChI is InChI=1S/C17H28N4O/c1-12-7-16(13-5-4-6-13)19-17(18-12)21-9-14(8-20(2)3)15(10-21)11-22/h7,13-15,22H,4-6,8-11H2,1-3H3/t14-,15-/m1/s1. The van der Waals surface area contributed by atoms with E-state index >= 15 is 0 Å². The van der Waals surface area contributed by atoms with E-state index in [1.165, 1.54) is 25.0 Å². The number of aliphatic hydroxyl groups is 1. The highest BCUT2D eigenvalue weighted by Gasteiger charge is 2.34. The van der Waals surface area contributed by atoms with Gasteiger partial charge in [-0.2, -0.15) is 0 Å². The van der Waals surface area contributed by atoms with Gasteiger partial charge in [-0.25, -0.2) is 9.97 Å². The molecule has 1 aromatic heterocycles. The van der Waals surface area contributed by atoms with Crippen molar-refractivity contribution in [2.24, 2.45) is 11.8 Å². The van der Waals surface area contributed by atoms with Gasteiger partial charge < -0.3 is 14.9 Å². The highest BCUT2D eigenvalue weighted by Crippen LogP contribution is 2.36. The van der Waals surface area contributed by atoms with Crippen LogP contribution in [-0.4, -0.2) is 60.3 Å². The summed E-state index contributed by atoms with van der Waals surface area (Å²) in [7, 11) is 4.18. The fraction of sp³-hybridized carbons (Fsp3) is 0.765. The maximum atomic E-state index is 9.67. The van der Waals surface area contributed by atoms with E-state index in [9.17, 15) is 5.11 Å². The molecule has 0 aromatic carbocycles. The van der Waals surface area contributed by atoms with Crippen LogP contribution in [0.2, 0.25) is 0 Å². The molecule has 1 saturated heterocycles. The summed E-state index contributed by atoms with van der Waals surface area (Å²) in [6.45, 7) is 5.11. The van der Waals surface area contributed by atoms with Crippen molar-refractivity contribution < 1.29 is 5.11 Å². The van der Waals surface area contributed by atoms with Crippen LogP contribution in [0.5, 0.6) is 0 Å². The first kappa shape index (κ1) is 15.7.